The molecule has 106 valence electrons. The van der Waals surface area contributed by atoms with Crippen molar-refractivity contribution in [3.63, 3.8) is 0 Å². The van der Waals surface area contributed by atoms with Gasteiger partial charge < -0.3 is 15.4 Å². The molecule has 1 rings (SSSR count). The lowest BCUT2D eigenvalue weighted by atomic mass is 10.1. The average molecular weight is 264 g/mol. The maximum atomic E-state index is 11.7. The smallest absolute Gasteiger partial charge is 0.234 e. The third-order valence-corrected chi connectivity index (χ3v) is 2.78. The predicted octanol–water partition coefficient (Wildman–Crippen LogP) is 2.26. The molecule has 1 aromatic carbocycles. The maximum absolute atomic E-state index is 11.7. The third kappa shape index (κ3) is 5.75. The van der Waals surface area contributed by atoms with Crippen molar-refractivity contribution in [1.82, 2.24) is 10.6 Å². The van der Waals surface area contributed by atoms with Crippen LogP contribution in [0.15, 0.2) is 24.3 Å². The Labute approximate surface area is 115 Å². The predicted molar refractivity (Wildman–Crippen MR) is 77.3 cm³/mol. The molecule has 2 N–H and O–H groups in total. The first kappa shape index (κ1) is 15.5. The minimum atomic E-state index is 0.00611. The van der Waals surface area contributed by atoms with Crippen LogP contribution >= 0.6 is 0 Å². The van der Waals surface area contributed by atoms with Crippen LogP contribution in [0.1, 0.15) is 38.8 Å². The molecule has 4 heteroatoms. The second-order valence-electron chi connectivity index (χ2n) is 4.47. The van der Waals surface area contributed by atoms with Crippen LogP contribution in [0.4, 0.5) is 0 Å². The topological polar surface area (TPSA) is 50.4 Å². The summed E-state index contributed by atoms with van der Waals surface area (Å²) in [6.45, 7) is 7.91. The first-order valence-electron chi connectivity index (χ1n) is 6.90. The molecule has 4 nitrogen and oxygen atoms in total. The van der Waals surface area contributed by atoms with E-state index in [-0.39, 0.29) is 11.9 Å². The first-order valence-corrected chi connectivity index (χ1v) is 6.90. The van der Waals surface area contributed by atoms with Crippen LogP contribution in [0.5, 0.6) is 5.75 Å². The molecule has 0 heterocycles. The zero-order valence-corrected chi connectivity index (χ0v) is 12.0. The van der Waals surface area contributed by atoms with E-state index in [1.54, 1.807) is 0 Å². The number of rotatable bonds is 8. The highest BCUT2D eigenvalue weighted by molar-refractivity contribution is 5.78. The molecule has 1 aromatic rings. The first-order chi connectivity index (χ1) is 9.17. The van der Waals surface area contributed by atoms with Crippen molar-refractivity contribution in [2.24, 2.45) is 0 Å². The maximum Gasteiger partial charge on any atom is 0.234 e. The van der Waals surface area contributed by atoms with Gasteiger partial charge in [0.2, 0.25) is 5.91 Å². The molecule has 1 unspecified atom stereocenters. The fourth-order valence-electron chi connectivity index (χ4n) is 1.77. The van der Waals surface area contributed by atoms with Gasteiger partial charge in [-0.15, -0.1) is 0 Å². The van der Waals surface area contributed by atoms with E-state index < -0.39 is 0 Å². The second-order valence-corrected chi connectivity index (χ2v) is 4.47. The van der Waals surface area contributed by atoms with Crippen LogP contribution < -0.4 is 15.4 Å². The Kier molecular flexibility index (Phi) is 6.97. The van der Waals surface area contributed by atoms with Crippen molar-refractivity contribution in [2.45, 2.75) is 33.2 Å². The van der Waals surface area contributed by atoms with Crippen molar-refractivity contribution in [2.75, 3.05) is 19.7 Å². The molecule has 0 aromatic heterocycles. The van der Waals surface area contributed by atoms with E-state index in [4.69, 9.17) is 4.74 Å². The molecule has 0 radical (unpaired) electrons. The van der Waals surface area contributed by atoms with E-state index in [1.807, 2.05) is 38.1 Å². The van der Waals surface area contributed by atoms with Crippen LogP contribution in [0.3, 0.4) is 0 Å². The minimum absolute atomic E-state index is 0.00611. The Morgan fingerprint density at radius 2 is 1.95 bits per heavy atom. The Morgan fingerprint density at radius 1 is 1.26 bits per heavy atom. The SMILES string of the molecule is CCCNCC(=O)NC(C)c1ccc(OCC)cc1. The molecule has 1 amide bonds. The summed E-state index contributed by atoms with van der Waals surface area (Å²) >= 11 is 0. The lowest BCUT2D eigenvalue weighted by Gasteiger charge is -2.15. The average Bonchev–Trinajstić information content (AvgIpc) is 2.40. The summed E-state index contributed by atoms with van der Waals surface area (Å²) in [5.41, 5.74) is 1.08. The van der Waals surface area contributed by atoms with Crippen LogP contribution in [0, 0.1) is 0 Å². The van der Waals surface area contributed by atoms with Gasteiger partial charge in [0.25, 0.3) is 0 Å². The van der Waals surface area contributed by atoms with Crippen LogP contribution in [0.2, 0.25) is 0 Å². The van der Waals surface area contributed by atoms with E-state index in [9.17, 15) is 4.79 Å². The minimum Gasteiger partial charge on any atom is -0.494 e. The van der Waals surface area contributed by atoms with E-state index in [2.05, 4.69) is 17.6 Å². The Hall–Kier alpha value is -1.55. The van der Waals surface area contributed by atoms with E-state index in [1.165, 1.54) is 0 Å². The van der Waals surface area contributed by atoms with Crippen molar-refractivity contribution in [3.05, 3.63) is 29.8 Å². The van der Waals surface area contributed by atoms with Crippen molar-refractivity contribution < 1.29 is 9.53 Å². The summed E-state index contributed by atoms with van der Waals surface area (Å²) in [4.78, 5) is 11.7. The van der Waals surface area contributed by atoms with Crippen molar-refractivity contribution in [3.8, 4) is 5.75 Å². The molecule has 0 aliphatic rings. The number of carbonyl (C=O) groups is 1. The fourth-order valence-corrected chi connectivity index (χ4v) is 1.77. The highest BCUT2D eigenvalue weighted by Crippen LogP contribution is 2.17. The molecular formula is C15H24N2O2. The number of carbonyl (C=O) groups excluding carboxylic acids is 1. The van der Waals surface area contributed by atoms with Gasteiger partial charge in [-0.05, 0) is 44.5 Å². The second kappa shape index (κ2) is 8.53. The van der Waals surface area contributed by atoms with Gasteiger partial charge in [-0.2, -0.15) is 0 Å². The monoisotopic (exact) mass is 264 g/mol. The van der Waals surface area contributed by atoms with Gasteiger partial charge in [0.15, 0.2) is 0 Å². The molecule has 1 atom stereocenters. The molecule has 0 fully saturated rings. The van der Waals surface area contributed by atoms with Gasteiger partial charge >= 0.3 is 0 Å². The summed E-state index contributed by atoms with van der Waals surface area (Å²) in [7, 11) is 0. The van der Waals surface area contributed by atoms with Gasteiger partial charge in [-0.1, -0.05) is 19.1 Å². The van der Waals surface area contributed by atoms with Crippen LogP contribution in [-0.4, -0.2) is 25.6 Å². The number of hydrogen-bond acceptors (Lipinski definition) is 3. The summed E-state index contributed by atoms with van der Waals surface area (Å²) in [5.74, 6) is 0.879. The number of ether oxygens (including phenoxy) is 1. The number of nitrogens with one attached hydrogen (secondary N) is 2. The third-order valence-electron chi connectivity index (χ3n) is 2.78. The van der Waals surface area contributed by atoms with Gasteiger partial charge in [-0.25, -0.2) is 0 Å². The number of hydrogen-bond donors (Lipinski definition) is 2. The quantitative estimate of drug-likeness (QED) is 0.708. The largest absolute Gasteiger partial charge is 0.494 e. The summed E-state index contributed by atoms with van der Waals surface area (Å²) < 4.78 is 5.39. The number of amides is 1. The molecule has 0 saturated heterocycles. The molecule has 0 bridgehead atoms. The molecule has 0 spiro atoms. The highest BCUT2D eigenvalue weighted by Gasteiger charge is 2.09. The standard InChI is InChI=1S/C15H24N2O2/c1-4-10-16-11-15(18)17-12(3)13-6-8-14(9-7-13)19-5-2/h6-9,12,16H,4-5,10-11H2,1-3H3,(H,17,18). The zero-order valence-electron chi connectivity index (χ0n) is 12.0. The molecule has 0 aliphatic carbocycles. The van der Waals surface area contributed by atoms with Gasteiger partial charge in [0.05, 0.1) is 19.2 Å². The zero-order chi connectivity index (χ0) is 14.1. The van der Waals surface area contributed by atoms with E-state index in [0.717, 1.165) is 24.3 Å². The normalized spacial score (nSPS) is 11.9. The Balaban J connectivity index is 2.43. The lowest BCUT2D eigenvalue weighted by molar-refractivity contribution is -0.120. The molecule has 0 saturated carbocycles. The van der Waals surface area contributed by atoms with Gasteiger partial charge in [0.1, 0.15) is 5.75 Å². The van der Waals surface area contributed by atoms with Gasteiger partial charge in [0, 0.05) is 0 Å². The lowest BCUT2D eigenvalue weighted by Crippen LogP contribution is -2.35. The Morgan fingerprint density at radius 3 is 2.53 bits per heavy atom. The summed E-state index contributed by atoms with van der Waals surface area (Å²) in [6, 6.07) is 7.82. The van der Waals surface area contributed by atoms with E-state index in [0.29, 0.717) is 13.2 Å². The van der Waals surface area contributed by atoms with Crippen LogP contribution in [0.25, 0.3) is 0 Å². The fraction of sp³-hybridized carbons (Fsp3) is 0.533. The van der Waals surface area contributed by atoms with Gasteiger partial charge in [-0.3, -0.25) is 4.79 Å². The summed E-state index contributed by atoms with van der Waals surface area (Å²) in [6.07, 6.45) is 1.03. The highest BCUT2D eigenvalue weighted by atomic mass is 16.5. The number of benzene rings is 1. The van der Waals surface area contributed by atoms with Crippen LogP contribution in [-0.2, 0) is 4.79 Å². The summed E-state index contributed by atoms with van der Waals surface area (Å²) in [5, 5.41) is 6.05. The Bertz CT molecular complexity index is 376. The molecular weight excluding hydrogens is 240 g/mol. The molecule has 0 aliphatic heterocycles. The van der Waals surface area contributed by atoms with E-state index >= 15 is 0 Å². The van der Waals surface area contributed by atoms with Crippen molar-refractivity contribution in [1.29, 1.82) is 0 Å². The van der Waals surface area contributed by atoms with Crippen molar-refractivity contribution >= 4 is 5.91 Å². The molecule has 19 heavy (non-hydrogen) atoms.